The Morgan fingerprint density at radius 1 is 1.03 bits per heavy atom. The van der Waals surface area contributed by atoms with Crippen molar-refractivity contribution in [1.29, 1.82) is 0 Å². The molecule has 176 valence electrons. The Labute approximate surface area is 207 Å². The van der Waals surface area contributed by atoms with Crippen molar-refractivity contribution in [2.45, 2.75) is 20.0 Å². The van der Waals surface area contributed by atoms with Crippen LogP contribution in [0.15, 0.2) is 72.8 Å². The van der Waals surface area contributed by atoms with E-state index in [4.69, 9.17) is 14.5 Å². The number of hydrogen-bond donors (Lipinski definition) is 1. The molecule has 0 unspecified atom stereocenters. The maximum atomic E-state index is 12.5. The van der Waals surface area contributed by atoms with Crippen LogP contribution in [0.1, 0.15) is 33.2 Å². The van der Waals surface area contributed by atoms with E-state index < -0.39 is 12.1 Å². The fraction of sp³-hybridized carbons (Fsp3) is 0.172. The number of rotatable bonds is 7. The summed E-state index contributed by atoms with van der Waals surface area (Å²) in [6, 6.07) is 23.4. The third-order valence-corrected chi connectivity index (χ3v) is 7.48. The molecule has 35 heavy (non-hydrogen) atoms. The van der Waals surface area contributed by atoms with Gasteiger partial charge in [-0.25, -0.2) is 9.78 Å². The van der Waals surface area contributed by atoms with Crippen LogP contribution in [-0.2, 0) is 4.74 Å². The SMILES string of the molecule is COC[C@@H](Oc1ccc(C)c2nc(-c3sc4ccccc4c3C)cc(C(=O)O)c12)c1ccccc1. The maximum Gasteiger partial charge on any atom is 0.336 e. The van der Waals surface area contributed by atoms with Gasteiger partial charge in [0.25, 0.3) is 0 Å². The van der Waals surface area contributed by atoms with Crippen LogP contribution in [0, 0.1) is 13.8 Å². The number of carboxylic acid groups (broad SMARTS) is 1. The van der Waals surface area contributed by atoms with Gasteiger partial charge in [0.2, 0.25) is 0 Å². The molecule has 0 fully saturated rings. The van der Waals surface area contributed by atoms with Crippen LogP contribution in [0.5, 0.6) is 5.75 Å². The molecule has 0 amide bonds. The third-order valence-electron chi connectivity index (χ3n) is 6.19. The molecule has 0 aliphatic rings. The van der Waals surface area contributed by atoms with Crippen LogP contribution in [0.4, 0.5) is 0 Å². The lowest BCUT2D eigenvalue weighted by Gasteiger charge is -2.21. The van der Waals surface area contributed by atoms with Gasteiger partial charge in [0.1, 0.15) is 11.9 Å². The summed E-state index contributed by atoms with van der Waals surface area (Å²) < 4.78 is 12.9. The number of ether oxygens (including phenoxy) is 2. The van der Waals surface area contributed by atoms with Crippen LogP contribution in [0.3, 0.4) is 0 Å². The minimum absolute atomic E-state index is 0.171. The number of pyridine rings is 1. The van der Waals surface area contributed by atoms with Crippen molar-refractivity contribution in [2.24, 2.45) is 0 Å². The number of aromatic carboxylic acids is 1. The lowest BCUT2D eigenvalue weighted by atomic mass is 10.0. The molecule has 0 aliphatic carbocycles. The lowest BCUT2D eigenvalue weighted by Crippen LogP contribution is -2.14. The Balaban J connectivity index is 1.70. The fourth-order valence-electron chi connectivity index (χ4n) is 4.42. The molecule has 1 atom stereocenters. The summed E-state index contributed by atoms with van der Waals surface area (Å²) in [5.41, 5.74) is 4.39. The quantitative estimate of drug-likeness (QED) is 0.265. The summed E-state index contributed by atoms with van der Waals surface area (Å²) in [6.07, 6.45) is -0.390. The molecule has 0 radical (unpaired) electrons. The van der Waals surface area contributed by atoms with E-state index in [0.717, 1.165) is 31.7 Å². The molecule has 0 saturated carbocycles. The first-order valence-corrected chi connectivity index (χ1v) is 12.2. The molecule has 0 spiro atoms. The van der Waals surface area contributed by atoms with Crippen molar-refractivity contribution in [3.8, 4) is 16.3 Å². The van der Waals surface area contributed by atoms with Gasteiger partial charge in [-0.2, -0.15) is 0 Å². The second-order valence-corrected chi connectivity index (χ2v) is 9.54. The number of methoxy groups -OCH3 is 1. The molecule has 5 aromatic rings. The first kappa shape index (κ1) is 23.0. The van der Waals surface area contributed by atoms with Crippen molar-refractivity contribution < 1.29 is 19.4 Å². The standard InChI is InChI=1S/C29H25NO4S/c1-17-13-14-23(34-24(16-33-3)19-9-5-4-6-10-19)26-21(29(31)32)15-22(30-27(17)26)28-18(2)20-11-7-8-12-25(20)35-28/h4-15,24H,16H2,1-3H3,(H,31,32)/t24-/m1/s1. The van der Waals surface area contributed by atoms with Gasteiger partial charge < -0.3 is 14.6 Å². The predicted molar refractivity (Wildman–Crippen MR) is 141 cm³/mol. The normalized spacial score (nSPS) is 12.2. The van der Waals surface area contributed by atoms with Crippen LogP contribution >= 0.6 is 11.3 Å². The van der Waals surface area contributed by atoms with Gasteiger partial charge in [0.15, 0.2) is 0 Å². The Morgan fingerprint density at radius 2 is 1.77 bits per heavy atom. The number of hydrogen-bond acceptors (Lipinski definition) is 5. The highest BCUT2D eigenvalue weighted by atomic mass is 32.1. The highest BCUT2D eigenvalue weighted by Crippen LogP contribution is 2.41. The van der Waals surface area contributed by atoms with Gasteiger partial charge in [-0.05, 0) is 54.1 Å². The van der Waals surface area contributed by atoms with Crippen molar-refractivity contribution in [3.63, 3.8) is 0 Å². The molecule has 5 nitrogen and oxygen atoms in total. The Morgan fingerprint density at radius 3 is 2.49 bits per heavy atom. The predicted octanol–water partition coefficient (Wildman–Crippen LogP) is 7.20. The number of carboxylic acids is 1. The number of nitrogens with zero attached hydrogens (tertiary/aromatic N) is 1. The molecule has 0 saturated heterocycles. The number of fused-ring (bicyclic) bond motifs is 2. The Hall–Kier alpha value is -3.74. The molecule has 3 aromatic carbocycles. The molecule has 6 heteroatoms. The van der Waals surface area contributed by atoms with Crippen LogP contribution < -0.4 is 4.74 Å². The third kappa shape index (κ3) is 4.27. The second-order valence-electron chi connectivity index (χ2n) is 8.49. The van der Waals surface area contributed by atoms with E-state index in [0.29, 0.717) is 29.0 Å². The smallest absolute Gasteiger partial charge is 0.336 e. The van der Waals surface area contributed by atoms with E-state index in [1.165, 1.54) is 0 Å². The van der Waals surface area contributed by atoms with Crippen molar-refractivity contribution in [3.05, 3.63) is 95.1 Å². The summed E-state index contributed by atoms with van der Waals surface area (Å²) in [6.45, 7) is 4.33. The average molecular weight is 484 g/mol. The largest absolute Gasteiger partial charge is 0.483 e. The summed E-state index contributed by atoms with van der Waals surface area (Å²) in [5.74, 6) is -0.545. The van der Waals surface area contributed by atoms with E-state index >= 15 is 0 Å². The van der Waals surface area contributed by atoms with E-state index in [9.17, 15) is 9.90 Å². The van der Waals surface area contributed by atoms with Crippen LogP contribution in [0.2, 0.25) is 0 Å². The monoisotopic (exact) mass is 483 g/mol. The zero-order valence-electron chi connectivity index (χ0n) is 19.7. The molecule has 0 aliphatic heterocycles. The zero-order valence-corrected chi connectivity index (χ0v) is 20.6. The maximum absolute atomic E-state index is 12.5. The van der Waals surface area contributed by atoms with E-state index in [1.807, 2.05) is 61.5 Å². The summed E-state index contributed by atoms with van der Waals surface area (Å²) in [5, 5.41) is 11.9. The Kier molecular flexibility index (Phi) is 6.24. The first-order chi connectivity index (χ1) is 17.0. The average Bonchev–Trinajstić information content (AvgIpc) is 3.21. The van der Waals surface area contributed by atoms with E-state index in [1.54, 1.807) is 24.5 Å². The molecular weight excluding hydrogens is 458 g/mol. The highest BCUT2D eigenvalue weighted by molar-refractivity contribution is 7.22. The summed E-state index contributed by atoms with van der Waals surface area (Å²) >= 11 is 1.63. The van der Waals surface area contributed by atoms with Crippen molar-refractivity contribution >= 4 is 38.3 Å². The molecule has 5 rings (SSSR count). The first-order valence-electron chi connectivity index (χ1n) is 11.3. The number of aromatic nitrogens is 1. The minimum atomic E-state index is -1.02. The number of thiophene rings is 1. The minimum Gasteiger partial charge on any atom is -0.483 e. The Bertz CT molecular complexity index is 1540. The number of aryl methyl sites for hydroxylation is 2. The van der Waals surface area contributed by atoms with Gasteiger partial charge in [-0.15, -0.1) is 11.3 Å². The lowest BCUT2D eigenvalue weighted by molar-refractivity contribution is 0.0696. The van der Waals surface area contributed by atoms with Gasteiger partial charge in [-0.3, -0.25) is 0 Å². The van der Waals surface area contributed by atoms with Crippen LogP contribution in [-0.4, -0.2) is 29.8 Å². The van der Waals surface area contributed by atoms with Crippen molar-refractivity contribution in [1.82, 2.24) is 4.98 Å². The second kappa shape index (κ2) is 9.49. The van der Waals surface area contributed by atoms with Gasteiger partial charge in [-0.1, -0.05) is 54.6 Å². The highest BCUT2D eigenvalue weighted by Gasteiger charge is 2.23. The number of benzene rings is 3. The molecular formula is C29H25NO4S. The van der Waals surface area contributed by atoms with Gasteiger partial charge in [0, 0.05) is 11.8 Å². The van der Waals surface area contributed by atoms with Crippen LogP contribution in [0.25, 0.3) is 31.6 Å². The fourth-order valence-corrected chi connectivity index (χ4v) is 5.59. The topological polar surface area (TPSA) is 68.7 Å². The zero-order chi connectivity index (χ0) is 24.5. The number of carbonyl (C=O) groups is 1. The summed E-state index contributed by atoms with van der Waals surface area (Å²) in [7, 11) is 1.62. The molecule has 2 aromatic heterocycles. The van der Waals surface area contributed by atoms with Gasteiger partial charge >= 0.3 is 5.97 Å². The van der Waals surface area contributed by atoms with E-state index in [2.05, 4.69) is 19.1 Å². The van der Waals surface area contributed by atoms with Crippen molar-refractivity contribution in [2.75, 3.05) is 13.7 Å². The molecule has 2 heterocycles. The van der Waals surface area contributed by atoms with E-state index in [-0.39, 0.29) is 5.56 Å². The molecule has 0 bridgehead atoms. The molecule has 1 N–H and O–H groups in total. The summed E-state index contributed by atoms with van der Waals surface area (Å²) in [4.78, 5) is 18.4. The van der Waals surface area contributed by atoms with Gasteiger partial charge in [0.05, 0.1) is 33.6 Å².